The summed E-state index contributed by atoms with van der Waals surface area (Å²) in [5.41, 5.74) is 2.35. The zero-order valence-electron chi connectivity index (χ0n) is 14.2. The minimum atomic E-state index is -0.748. The Hall–Kier alpha value is -2.80. The van der Waals surface area contributed by atoms with Gasteiger partial charge in [0, 0.05) is 22.7 Å². The van der Waals surface area contributed by atoms with E-state index in [0.717, 1.165) is 16.0 Å². The van der Waals surface area contributed by atoms with Crippen LogP contribution in [0.4, 0.5) is 5.13 Å². The second-order valence-corrected chi connectivity index (χ2v) is 7.04. The van der Waals surface area contributed by atoms with Gasteiger partial charge in [0.05, 0.1) is 5.69 Å². The lowest BCUT2D eigenvalue weighted by Crippen LogP contribution is -2.33. The van der Waals surface area contributed by atoms with Gasteiger partial charge in [-0.25, -0.2) is 9.67 Å². The first-order valence-corrected chi connectivity index (χ1v) is 8.66. The molecule has 2 aromatic heterocycles. The topological polar surface area (TPSA) is 76.9 Å². The molecule has 7 heteroatoms. The van der Waals surface area contributed by atoms with E-state index in [-0.39, 0.29) is 11.5 Å². The van der Waals surface area contributed by atoms with Crippen LogP contribution in [0.2, 0.25) is 0 Å². The predicted octanol–water partition coefficient (Wildman–Crippen LogP) is 3.18. The number of aryl methyl sites for hydroxylation is 2. The fourth-order valence-electron chi connectivity index (χ4n) is 2.31. The van der Waals surface area contributed by atoms with Crippen molar-refractivity contribution in [2.24, 2.45) is 0 Å². The maximum atomic E-state index is 12.4. The third-order valence-corrected chi connectivity index (χ3v) is 4.60. The van der Waals surface area contributed by atoms with E-state index in [1.165, 1.54) is 22.1 Å². The van der Waals surface area contributed by atoms with E-state index in [4.69, 9.17) is 0 Å². The lowest BCUT2D eigenvalue weighted by atomic mass is 10.1. The van der Waals surface area contributed by atoms with Crippen molar-refractivity contribution in [3.05, 3.63) is 63.4 Å². The largest absolute Gasteiger partial charge is 0.300 e. The molecule has 0 saturated carbocycles. The molecule has 2 heterocycles. The second-order valence-electron chi connectivity index (χ2n) is 5.81. The summed E-state index contributed by atoms with van der Waals surface area (Å²) >= 11 is 1.38. The quantitative estimate of drug-likeness (QED) is 0.781. The van der Waals surface area contributed by atoms with Crippen LogP contribution in [0.3, 0.4) is 0 Å². The van der Waals surface area contributed by atoms with Crippen molar-refractivity contribution in [3.63, 3.8) is 0 Å². The number of hydrogen-bond acceptors (Lipinski definition) is 5. The van der Waals surface area contributed by atoms with Crippen LogP contribution < -0.4 is 10.9 Å². The highest BCUT2D eigenvalue weighted by Crippen LogP contribution is 2.19. The van der Waals surface area contributed by atoms with Gasteiger partial charge in [0.2, 0.25) is 0 Å². The number of hydrogen-bond donors (Lipinski definition) is 1. The zero-order valence-corrected chi connectivity index (χ0v) is 15.0. The fraction of sp³-hybridized carbons (Fsp3) is 0.222. The Balaban J connectivity index is 1.87. The van der Waals surface area contributed by atoms with Crippen LogP contribution in [0.5, 0.6) is 0 Å². The predicted molar refractivity (Wildman–Crippen MR) is 98.9 cm³/mol. The highest BCUT2D eigenvalue weighted by atomic mass is 32.1. The highest BCUT2D eigenvalue weighted by Gasteiger charge is 2.19. The summed E-state index contributed by atoms with van der Waals surface area (Å²) in [4.78, 5) is 29.7. The van der Waals surface area contributed by atoms with Crippen LogP contribution in [-0.2, 0) is 4.79 Å². The van der Waals surface area contributed by atoms with Crippen molar-refractivity contribution >= 4 is 22.4 Å². The monoisotopic (exact) mass is 354 g/mol. The Labute approximate surface area is 149 Å². The molecule has 3 aromatic rings. The minimum Gasteiger partial charge on any atom is -0.300 e. The molecular formula is C18H18N4O2S. The number of aromatic nitrogens is 3. The SMILES string of the molecule is Cc1ccc(-c2ccc(=O)n([C@@H](C)C(=O)Nc3ncc(C)s3)n2)cc1. The molecule has 1 N–H and O–H groups in total. The van der Waals surface area contributed by atoms with Crippen molar-refractivity contribution in [3.8, 4) is 11.3 Å². The molecule has 0 aliphatic carbocycles. The summed E-state index contributed by atoms with van der Waals surface area (Å²) in [7, 11) is 0. The van der Waals surface area contributed by atoms with Crippen LogP contribution in [0.15, 0.2) is 47.4 Å². The maximum Gasteiger partial charge on any atom is 0.267 e. The summed E-state index contributed by atoms with van der Waals surface area (Å²) in [5, 5.41) is 7.60. The van der Waals surface area contributed by atoms with Gasteiger partial charge in [0.25, 0.3) is 11.5 Å². The van der Waals surface area contributed by atoms with E-state index < -0.39 is 6.04 Å². The van der Waals surface area contributed by atoms with Crippen molar-refractivity contribution in [2.75, 3.05) is 5.32 Å². The number of benzene rings is 1. The molecule has 1 aromatic carbocycles. The smallest absolute Gasteiger partial charge is 0.267 e. The van der Waals surface area contributed by atoms with Gasteiger partial charge < -0.3 is 5.32 Å². The zero-order chi connectivity index (χ0) is 18.0. The molecule has 0 saturated heterocycles. The molecule has 128 valence electrons. The first kappa shape index (κ1) is 17.0. The molecule has 0 spiro atoms. The molecule has 0 aliphatic rings. The molecule has 0 radical (unpaired) electrons. The van der Waals surface area contributed by atoms with Gasteiger partial charge in [-0.2, -0.15) is 5.10 Å². The van der Waals surface area contributed by atoms with Crippen LogP contribution in [0, 0.1) is 13.8 Å². The molecular weight excluding hydrogens is 336 g/mol. The van der Waals surface area contributed by atoms with Crippen LogP contribution in [0.1, 0.15) is 23.4 Å². The number of thiazole rings is 1. The first-order valence-electron chi connectivity index (χ1n) is 7.84. The van der Waals surface area contributed by atoms with Gasteiger partial charge in [0.15, 0.2) is 5.13 Å². The number of rotatable bonds is 4. The van der Waals surface area contributed by atoms with E-state index in [0.29, 0.717) is 10.8 Å². The third-order valence-electron chi connectivity index (χ3n) is 3.77. The van der Waals surface area contributed by atoms with Crippen molar-refractivity contribution < 1.29 is 4.79 Å². The van der Waals surface area contributed by atoms with Crippen molar-refractivity contribution in [2.45, 2.75) is 26.8 Å². The number of amides is 1. The minimum absolute atomic E-state index is 0.325. The van der Waals surface area contributed by atoms with E-state index in [2.05, 4.69) is 15.4 Å². The molecule has 3 rings (SSSR count). The Morgan fingerprint density at radius 2 is 1.88 bits per heavy atom. The molecule has 0 unspecified atom stereocenters. The normalized spacial score (nSPS) is 12.0. The van der Waals surface area contributed by atoms with Gasteiger partial charge in [0.1, 0.15) is 6.04 Å². The standard InChI is InChI=1S/C18H18N4O2S/c1-11-4-6-14(7-5-11)15-8-9-16(23)22(21-15)13(3)17(24)20-18-19-10-12(2)25-18/h4-10,13H,1-3H3,(H,19,20,24)/t13-/m0/s1. The summed E-state index contributed by atoms with van der Waals surface area (Å²) in [6.07, 6.45) is 1.69. The van der Waals surface area contributed by atoms with Gasteiger partial charge in [-0.3, -0.25) is 9.59 Å². The molecule has 0 aliphatic heterocycles. The fourth-order valence-corrected chi connectivity index (χ4v) is 2.98. The first-order chi connectivity index (χ1) is 11.9. The average Bonchev–Trinajstić information content (AvgIpc) is 3.00. The van der Waals surface area contributed by atoms with E-state index in [1.54, 1.807) is 19.2 Å². The number of nitrogens with one attached hydrogen (secondary N) is 1. The van der Waals surface area contributed by atoms with Crippen LogP contribution in [0.25, 0.3) is 11.3 Å². The van der Waals surface area contributed by atoms with Crippen LogP contribution >= 0.6 is 11.3 Å². The summed E-state index contributed by atoms with van der Waals surface area (Å²) < 4.78 is 1.20. The van der Waals surface area contributed by atoms with Crippen LogP contribution in [-0.4, -0.2) is 20.7 Å². The third kappa shape index (κ3) is 3.83. The summed E-state index contributed by atoms with van der Waals surface area (Å²) in [5.74, 6) is -0.329. The Morgan fingerprint density at radius 3 is 2.52 bits per heavy atom. The number of carbonyl (C=O) groups is 1. The summed E-state index contributed by atoms with van der Waals surface area (Å²) in [6, 6.07) is 10.2. The molecule has 1 amide bonds. The van der Waals surface area contributed by atoms with Crippen molar-refractivity contribution in [1.29, 1.82) is 0 Å². The van der Waals surface area contributed by atoms with Gasteiger partial charge in [-0.05, 0) is 26.8 Å². The molecule has 6 nitrogen and oxygen atoms in total. The maximum absolute atomic E-state index is 12.4. The van der Waals surface area contributed by atoms with E-state index in [9.17, 15) is 9.59 Å². The Kier molecular flexibility index (Phi) is 4.76. The van der Waals surface area contributed by atoms with Gasteiger partial charge in [-0.15, -0.1) is 11.3 Å². The second kappa shape index (κ2) is 6.98. The van der Waals surface area contributed by atoms with Crippen molar-refractivity contribution in [1.82, 2.24) is 14.8 Å². The number of anilines is 1. The summed E-state index contributed by atoms with van der Waals surface area (Å²) in [6.45, 7) is 5.56. The molecule has 0 fully saturated rings. The lowest BCUT2D eigenvalue weighted by molar-refractivity contribution is -0.119. The molecule has 1 atom stereocenters. The number of nitrogens with zero attached hydrogens (tertiary/aromatic N) is 3. The van der Waals surface area contributed by atoms with Gasteiger partial charge in [-0.1, -0.05) is 29.8 Å². The Morgan fingerprint density at radius 1 is 1.16 bits per heavy atom. The van der Waals surface area contributed by atoms with E-state index in [1.807, 2.05) is 38.1 Å². The molecule has 25 heavy (non-hydrogen) atoms. The molecule has 0 bridgehead atoms. The Bertz CT molecular complexity index is 960. The lowest BCUT2D eigenvalue weighted by Gasteiger charge is -2.14. The van der Waals surface area contributed by atoms with E-state index >= 15 is 0 Å². The highest BCUT2D eigenvalue weighted by molar-refractivity contribution is 7.15. The average molecular weight is 354 g/mol. The number of carbonyl (C=O) groups excluding carboxylic acids is 1. The van der Waals surface area contributed by atoms with Gasteiger partial charge >= 0.3 is 0 Å².